The quantitative estimate of drug-likeness (QED) is 0.854. The van der Waals surface area contributed by atoms with Gasteiger partial charge < -0.3 is 9.47 Å². The first-order valence-corrected chi connectivity index (χ1v) is 5.94. The molecule has 2 aromatic carbocycles. The predicted molar refractivity (Wildman–Crippen MR) is 68.6 cm³/mol. The Morgan fingerprint density at radius 3 is 2.33 bits per heavy atom. The summed E-state index contributed by atoms with van der Waals surface area (Å²) in [6.45, 7) is 0.182. The largest absolute Gasteiger partial charge is 0.573 e. The van der Waals surface area contributed by atoms with Gasteiger partial charge in [0.05, 0.1) is 11.6 Å². The fraction of sp³-hybridized carbons (Fsp3) is 0.133. The summed E-state index contributed by atoms with van der Waals surface area (Å²) in [5.41, 5.74) is 1.16. The molecule has 0 unspecified atom stereocenters. The lowest BCUT2D eigenvalue weighted by molar-refractivity contribution is -0.274. The van der Waals surface area contributed by atoms with Crippen molar-refractivity contribution >= 4 is 0 Å². The van der Waals surface area contributed by atoms with E-state index in [9.17, 15) is 13.2 Å². The molecular formula is C15H10F3NO2. The smallest absolute Gasteiger partial charge is 0.489 e. The molecule has 0 aliphatic rings. The fourth-order valence-electron chi connectivity index (χ4n) is 1.61. The van der Waals surface area contributed by atoms with Gasteiger partial charge in [0.1, 0.15) is 18.1 Å². The second-order valence-electron chi connectivity index (χ2n) is 4.12. The molecule has 2 aromatic rings. The van der Waals surface area contributed by atoms with Crippen molar-refractivity contribution in [2.45, 2.75) is 13.0 Å². The lowest BCUT2D eigenvalue weighted by Gasteiger charge is -2.10. The first kappa shape index (κ1) is 14.7. The third-order valence-electron chi connectivity index (χ3n) is 2.53. The topological polar surface area (TPSA) is 42.2 Å². The van der Waals surface area contributed by atoms with E-state index in [1.807, 2.05) is 6.07 Å². The highest BCUT2D eigenvalue weighted by molar-refractivity contribution is 5.36. The third-order valence-corrected chi connectivity index (χ3v) is 2.53. The van der Waals surface area contributed by atoms with E-state index in [1.54, 1.807) is 24.3 Å². The van der Waals surface area contributed by atoms with Crippen LogP contribution >= 0.6 is 0 Å². The van der Waals surface area contributed by atoms with E-state index in [0.717, 1.165) is 0 Å². The Labute approximate surface area is 119 Å². The molecule has 0 heterocycles. The molecule has 0 amide bonds. The maximum absolute atomic E-state index is 12.0. The highest BCUT2D eigenvalue weighted by atomic mass is 19.4. The highest BCUT2D eigenvalue weighted by Gasteiger charge is 2.30. The van der Waals surface area contributed by atoms with Gasteiger partial charge in [-0.05, 0) is 35.9 Å². The monoisotopic (exact) mass is 293 g/mol. The molecule has 0 saturated heterocycles. The molecule has 0 spiro atoms. The molecule has 6 heteroatoms. The number of nitriles is 1. The lowest BCUT2D eigenvalue weighted by Crippen LogP contribution is -2.17. The lowest BCUT2D eigenvalue weighted by atomic mass is 10.2. The number of halogens is 3. The maximum Gasteiger partial charge on any atom is 0.573 e. The van der Waals surface area contributed by atoms with E-state index in [4.69, 9.17) is 10.00 Å². The predicted octanol–water partition coefficient (Wildman–Crippen LogP) is 4.04. The standard InChI is InChI=1S/C15H10F3NO2/c16-15(17,18)21-13-6-4-11(5-7-13)10-20-14-3-1-2-12(8-14)9-19/h1-8H,10H2. The Balaban J connectivity index is 1.96. The van der Waals surface area contributed by atoms with Crippen molar-refractivity contribution in [2.24, 2.45) is 0 Å². The van der Waals surface area contributed by atoms with Crippen LogP contribution in [0.15, 0.2) is 48.5 Å². The molecule has 3 nitrogen and oxygen atoms in total. The van der Waals surface area contributed by atoms with Gasteiger partial charge in [0.2, 0.25) is 0 Å². The van der Waals surface area contributed by atoms with Crippen LogP contribution in [-0.4, -0.2) is 6.36 Å². The Bertz CT molecular complexity index is 645. The molecule has 0 radical (unpaired) electrons. The Kier molecular flexibility index (Phi) is 4.33. The van der Waals surface area contributed by atoms with Crippen LogP contribution in [0.5, 0.6) is 11.5 Å². The van der Waals surface area contributed by atoms with Crippen molar-refractivity contribution in [3.63, 3.8) is 0 Å². The number of nitrogens with zero attached hydrogens (tertiary/aromatic N) is 1. The summed E-state index contributed by atoms with van der Waals surface area (Å²) in [4.78, 5) is 0. The summed E-state index contributed by atoms with van der Waals surface area (Å²) >= 11 is 0. The molecule has 0 aromatic heterocycles. The van der Waals surface area contributed by atoms with Gasteiger partial charge in [-0.15, -0.1) is 13.2 Å². The molecule has 0 fully saturated rings. The zero-order chi connectivity index (χ0) is 15.3. The number of alkyl halides is 3. The molecule has 0 aliphatic heterocycles. The number of benzene rings is 2. The van der Waals surface area contributed by atoms with Gasteiger partial charge in [-0.2, -0.15) is 5.26 Å². The SMILES string of the molecule is N#Cc1cccc(OCc2ccc(OC(F)(F)F)cc2)c1. The molecule has 0 N–H and O–H groups in total. The van der Waals surface area contributed by atoms with Gasteiger partial charge in [-0.1, -0.05) is 18.2 Å². The van der Waals surface area contributed by atoms with E-state index >= 15 is 0 Å². The minimum absolute atomic E-state index is 0.182. The van der Waals surface area contributed by atoms with Gasteiger partial charge >= 0.3 is 6.36 Å². The maximum atomic E-state index is 12.0. The van der Waals surface area contributed by atoms with Crippen LogP contribution in [0.1, 0.15) is 11.1 Å². The van der Waals surface area contributed by atoms with Gasteiger partial charge in [-0.25, -0.2) is 0 Å². The normalized spacial score (nSPS) is 10.8. The fourth-order valence-corrected chi connectivity index (χ4v) is 1.61. The van der Waals surface area contributed by atoms with Crippen LogP contribution < -0.4 is 9.47 Å². The first-order valence-electron chi connectivity index (χ1n) is 5.94. The zero-order valence-corrected chi connectivity index (χ0v) is 10.7. The molecule has 0 atom stereocenters. The van der Waals surface area contributed by atoms with Gasteiger partial charge in [0, 0.05) is 0 Å². The van der Waals surface area contributed by atoms with Crippen LogP contribution in [0.4, 0.5) is 13.2 Å². The van der Waals surface area contributed by atoms with E-state index in [0.29, 0.717) is 16.9 Å². The Hall–Kier alpha value is -2.68. The van der Waals surface area contributed by atoms with Gasteiger partial charge in [-0.3, -0.25) is 0 Å². The van der Waals surface area contributed by atoms with Crippen molar-refractivity contribution in [2.75, 3.05) is 0 Å². The average molecular weight is 293 g/mol. The molecule has 21 heavy (non-hydrogen) atoms. The number of hydrogen-bond acceptors (Lipinski definition) is 3. The van der Waals surface area contributed by atoms with Crippen molar-refractivity contribution in [1.29, 1.82) is 5.26 Å². The van der Waals surface area contributed by atoms with E-state index in [2.05, 4.69) is 4.74 Å². The van der Waals surface area contributed by atoms with E-state index < -0.39 is 6.36 Å². The first-order chi connectivity index (χ1) is 9.96. The molecule has 2 rings (SSSR count). The van der Waals surface area contributed by atoms with Crippen LogP contribution in [0.3, 0.4) is 0 Å². The van der Waals surface area contributed by atoms with Gasteiger partial charge in [0.25, 0.3) is 0 Å². The molecule has 0 saturated carbocycles. The number of ether oxygens (including phenoxy) is 2. The van der Waals surface area contributed by atoms with Crippen LogP contribution in [0.25, 0.3) is 0 Å². The average Bonchev–Trinajstić information content (AvgIpc) is 2.45. The second kappa shape index (κ2) is 6.18. The highest BCUT2D eigenvalue weighted by Crippen LogP contribution is 2.23. The van der Waals surface area contributed by atoms with Crippen LogP contribution in [-0.2, 0) is 6.61 Å². The van der Waals surface area contributed by atoms with Crippen molar-refractivity contribution in [3.8, 4) is 17.6 Å². The van der Waals surface area contributed by atoms with E-state index in [-0.39, 0.29) is 12.4 Å². The summed E-state index contributed by atoms with van der Waals surface area (Å²) in [5, 5.41) is 8.76. The van der Waals surface area contributed by atoms with Crippen molar-refractivity contribution < 1.29 is 22.6 Å². The van der Waals surface area contributed by atoms with E-state index in [1.165, 1.54) is 24.3 Å². The zero-order valence-electron chi connectivity index (χ0n) is 10.7. The molecule has 108 valence electrons. The van der Waals surface area contributed by atoms with Crippen LogP contribution in [0.2, 0.25) is 0 Å². The van der Waals surface area contributed by atoms with Crippen molar-refractivity contribution in [3.05, 3.63) is 59.7 Å². The minimum Gasteiger partial charge on any atom is -0.489 e. The summed E-state index contributed by atoms with van der Waals surface area (Å²) in [7, 11) is 0. The second-order valence-corrected chi connectivity index (χ2v) is 4.12. The molecule has 0 bridgehead atoms. The minimum atomic E-state index is -4.70. The summed E-state index contributed by atoms with van der Waals surface area (Å²) in [6.07, 6.45) is -4.70. The van der Waals surface area contributed by atoms with Crippen molar-refractivity contribution in [1.82, 2.24) is 0 Å². The molecule has 0 aliphatic carbocycles. The Morgan fingerprint density at radius 1 is 1.00 bits per heavy atom. The number of rotatable bonds is 4. The van der Waals surface area contributed by atoms with Crippen LogP contribution in [0, 0.1) is 11.3 Å². The number of hydrogen-bond donors (Lipinski definition) is 0. The molecular weight excluding hydrogens is 283 g/mol. The van der Waals surface area contributed by atoms with Gasteiger partial charge in [0.15, 0.2) is 0 Å². The summed E-state index contributed by atoms with van der Waals surface area (Å²) in [6, 6.07) is 14.0. The Morgan fingerprint density at radius 2 is 1.71 bits per heavy atom. The summed E-state index contributed by atoms with van der Waals surface area (Å²) < 4.78 is 45.3. The third kappa shape index (κ3) is 4.73. The summed E-state index contributed by atoms with van der Waals surface area (Å²) in [5.74, 6) is 0.238.